The zero-order chi connectivity index (χ0) is 21.7. The maximum atomic E-state index is 12.8. The first-order valence-corrected chi connectivity index (χ1v) is 10.1. The van der Waals surface area contributed by atoms with Crippen molar-refractivity contribution in [3.05, 3.63) is 53.1 Å². The number of rotatable bonds is 4. The summed E-state index contributed by atoms with van der Waals surface area (Å²) in [5.74, 6) is -0.268. The zero-order valence-corrected chi connectivity index (χ0v) is 18.1. The standard InChI is InChI=1S/C22H26ClN3O4/c1-22(2,3)30-21(28)24-17-7-4-15(5-8-17)20(27)25-18-14-16(23)6-9-19(18)26-10-12-29-13-11-26/h4-9,14H,10-13H2,1-3H3,(H,24,28)(H,25,27). The molecule has 0 aromatic heterocycles. The molecule has 0 unspecified atom stereocenters. The fourth-order valence-corrected chi connectivity index (χ4v) is 3.18. The molecule has 8 heteroatoms. The molecular weight excluding hydrogens is 406 g/mol. The van der Waals surface area contributed by atoms with Crippen LogP contribution >= 0.6 is 11.6 Å². The third-order valence-corrected chi connectivity index (χ3v) is 4.59. The lowest BCUT2D eigenvalue weighted by Crippen LogP contribution is -2.36. The lowest BCUT2D eigenvalue weighted by molar-refractivity contribution is 0.0636. The second-order valence-corrected chi connectivity index (χ2v) is 8.36. The molecule has 3 rings (SSSR count). The van der Waals surface area contributed by atoms with E-state index < -0.39 is 11.7 Å². The van der Waals surface area contributed by atoms with Crippen molar-refractivity contribution in [2.45, 2.75) is 26.4 Å². The Balaban J connectivity index is 1.69. The van der Waals surface area contributed by atoms with Gasteiger partial charge in [0.1, 0.15) is 5.60 Å². The Bertz CT molecular complexity index is 904. The number of nitrogens with one attached hydrogen (secondary N) is 2. The Morgan fingerprint density at radius 1 is 1.03 bits per heavy atom. The number of ether oxygens (including phenoxy) is 2. The van der Waals surface area contributed by atoms with Crippen molar-refractivity contribution < 1.29 is 19.1 Å². The topological polar surface area (TPSA) is 79.9 Å². The van der Waals surface area contributed by atoms with E-state index in [0.29, 0.717) is 35.2 Å². The van der Waals surface area contributed by atoms with Crippen molar-refractivity contribution >= 4 is 40.7 Å². The highest BCUT2D eigenvalue weighted by atomic mass is 35.5. The van der Waals surface area contributed by atoms with E-state index in [2.05, 4.69) is 15.5 Å². The van der Waals surface area contributed by atoms with E-state index in [1.165, 1.54) is 0 Å². The maximum absolute atomic E-state index is 12.8. The highest BCUT2D eigenvalue weighted by Gasteiger charge is 2.18. The quantitative estimate of drug-likeness (QED) is 0.728. The second kappa shape index (κ2) is 9.36. The van der Waals surface area contributed by atoms with Gasteiger partial charge in [0.2, 0.25) is 0 Å². The van der Waals surface area contributed by atoms with Crippen LogP contribution in [0.15, 0.2) is 42.5 Å². The van der Waals surface area contributed by atoms with Crippen molar-refractivity contribution in [3.8, 4) is 0 Å². The third-order valence-electron chi connectivity index (χ3n) is 4.35. The molecule has 30 heavy (non-hydrogen) atoms. The van der Waals surface area contributed by atoms with Crippen LogP contribution in [0.3, 0.4) is 0 Å². The highest BCUT2D eigenvalue weighted by molar-refractivity contribution is 6.31. The molecular formula is C22H26ClN3O4. The van der Waals surface area contributed by atoms with Crippen LogP contribution in [0.4, 0.5) is 21.9 Å². The molecule has 1 fully saturated rings. The molecule has 2 aromatic rings. The molecule has 1 saturated heterocycles. The Labute approximate surface area is 181 Å². The van der Waals surface area contributed by atoms with E-state index in [9.17, 15) is 9.59 Å². The van der Waals surface area contributed by atoms with Gasteiger partial charge in [-0.05, 0) is 63.2 Å². The molecule has 2 amide bonds. The lowest BCUT2D eigenvalue weighted by Gasteiger charge is -2.30. The van der Waals surface area contributed by atoms with Gasteiger partial charge in [0.15, 0.2) is 0 Å². The second-order valence-electron chi connectivity index (χ2n) is 7.92. The molecule has 7 nitrogen and oxygen atoms in total. The van der Waals surface area contributed by atoms with Crippen molar-refractivity contribution in [2.24, 2.45) is 0 Å². The number of carbonyl (C=O) groups is 2. The van der Waals surface area contributed by atoms with E-state index in [-0.39, 0.29) is 5.91 Å². The number of amides is 2. The van der Waals surface area contributed by atoms with Gasteiger partial charge in [0.05, 0.1) is 24.6 Å². The number of nitrogens with zero attached hydrogens (tertiary/aromatic N) is 1. The third kappa shape index (κ3) is 6.11. The number of carbonyl (C=O) groups excluding carboxylic acids is 2. The van der Waals surface area contributed by atoms with E-state index in [4.69, 9.17) is 21.1 Å². The molecule has 1 heterocycles. The number of halogens is 1. The summed E-state index contributed by atoms with van der Waals surface area (Å²) >= 11 is 6.15. The molecule has 0 saturated carbocycles. The molecule has 0 atom stereocenters. The van der Waals surface area contributed by atoms with Crippen LogP contribution in [-0.2, 0) is 9.47 Å². The first kappa shape index (κ1) is 21.9. The molecule has 1 aliphatic rings. The van der Waals surface area contributed by atoms with Crippen LogP contribution in [-0.4, -0.2) is 43.9 Å². The van der Waals surface area contributed by atoms with Crippen LogP contribution in [0.2, 0.25) is 5.02 Å². The summed E-state index contributed by atoms with van der Waals surface area (Å²) in [4.78, 5) is 26.8. The van der Waals surface area contributed by atoms with Gasteiger partial charge in [0, 0.05) is 29.4 Å². The normalized spacial score (nSPS) is 14.2. The monoisotopic (exact) mass is 431 g/mol. The highest BCUT2D eigenvalue weighted by Crippen LogP contribution is 2.30. The summed E-state index contributed by atoms with van der Waals surface area (Å²) in [6.07, 6.45) is -0.547. The van der Waals surface area contributed by atoms with Crippen LogP contribution in [0.5, 0.6) is 0 Å². The smallest absolute Gasteiger partial charge is 0.412 e. The van der Waals surface area contributed by atoms with Gasteiger partial charge in [-0.2, -0.15) is 0 Å². The van der Waals surface area contributed by atoms with Crippen LogP contribution in [0, 0.1) is 0 Å². The number of hydrogen-bond donors (Lipinski definition) is 2. The number of morpholine rings is 1. The summed E-state index contributed by atoms with van der Waals surface area (Å²) in [6, 6.07) is 12.0. The molecule has 0 aliphatic carbocycles. The lowest BCUT2D eigenvalue weighted by atomic mass is 10.1. The van der Waals surface area contributed by atoms with Gasteiger partial charge in [-0.25, -0.2) is 4.79 Å². The Morgan fingerprint density at radius 3 is 2.33 bits per heavy atom. The summed E-state index contributed by atoms with van der Waals surface area (Å²) in [5, 5.41) is 6.12. The maximum Gasteiger partial charge on any atom is 0.412 e. The summed E-state index contributed by atoms with van der Waals surface area (Å²) < 4.78 is 10.6. The number of hydrogen-bond acceptors (Lipinski definition) is 5. The van der Waals surface area contributed by atoms with Crippen molar-refractivity contribution in [2.75, 3.05) is 41.8 Å². The molecule has 0 radical (unpaired) electrons. The van der Waals surface area contributed by atoms with Gasteiger partial charge in [0.25, 0.3) is 5.91 Å². The van der Waals surface area contributed by atoms with Crippen molar-refractivity contribution in [1.82, 2.24) is 0 Å². The SMILES string of the molecule is CC(C)(C)OC(=O)Nc1ccc(C(=O)Nc2cc(Cl)ccc2N2CCOCC2)cc1. The molecule has 2 N–H and O–H groups in total. The summed E-state index contributed by atoms with van der Waals surface area (Å²) in [6.45, 7) is 8.15. The summed E-state index contributed by atoms with van der Waals surface area (Å²) in [5.41, 5.74) is 1.96. The Kier molecular flexibility index (Phi) is 6.84. The predicted molar refractivity (Wildman–Crippen MR) is 119 cm³/mol. The minimum absolute atomic E-state index is 0.268. The number of anilines is 3. The van der Waals surface area contributed by atoms with Gasteiger partial charge in [-0.3, -0.25) is 10.1 Å². The average molecular weight is 432 g/mol. The fourth-order valence-electron chi connectivity index (χ4n) is 3.01. The largest absolute Gasteiger partial charge is 0.444 e. The van der Waals surface area contributed by atoms with Crippen LogP contribution in [0.1, 0.15) is 31.1 Å². The molecule has 0 bridgehead atoms. The molecule has 0 spiro atoms. The minimum Gasteiger partial charge on any atom is -0.444 e. The van der Waals surface area contributed by atoms with Crippen molar-refractivity contribution in [1.29, 1.82) is 0 Å². The number of benzene rings is 2. The minimum atomic E-state index is -0.584. The predicted octanol–water partition coefficient (Wildman–Crippen LogP) is 4.78. The van der Waals surface area contributed by atoms with Gasteiger partial charge >= 0.3 is 6.09 Å². The average Bonchev–Trinajstić information content (AvgIpc) is 2.68. The van der Waals surface area contributed by atoms with Gasteiger partial charge in [-0.15, -0.1) is 0 Å². The van der Waals surface area contributed by atoms with E-state index in [1.807, 2.05) is 6.07 Å². The Morgan fingerprint density at radius 2 is 1.70 bits per heavy atom. The Hall–Kier alpha value is -2.77. The zero-order valence-electron chi connectivity index (χ0n) is 17.3. The van der Waals surface area contributed by atoms with Gasteiger partial charge < -0.3 is 19.7 Å². The van der Waals surface area contributed by atoms with Crippen LogP contribution in [0.25, 0.3) is 0 Å². The first-order valence-electron chi connectivity index (χ1n) is 9.75. The van der Waals surface area contributed by atoms with Gasteiger partial charge in [-0.1, -0.05) is 11.6 Å². The summed E-state index contributed by atoms with van der Waals surface area (Å²) in [7, 11) is 0. The van der Waals surface area contributed by atoms with E-state index >= 15 is 0 Å². The first-order chi connectivity index (χ1) is 14.2. The molecule has 160 valence electrons. The van der Waals surface area contributed by atoms with Crippen molar-refractivity contribution in [3.63, 3.8) is 0 Å². The molecule has 1 aliphatic heterocycles. The van der Waals surface area contributed by atoms with E-state index in [1.54, 1.807) is 57.2 Å². The van der Waals surface area contributed by atoms with E-state index in [0.717, 1.165) is 18.8 Å². The molecule has 2 aromatic carbocycles. The fraction of sp³-hybridized carbons (Fsp3) is 0.364. The van der Waals surface area contributed by atoms with Crippen LogP contribution < -0.4 is 15.5 Å².